The maximum Gasteiger partial charge on any atom is 1.00 e. The minimum absolute atomic E-state index is 0. The molecule has 0 atom stereocenters. The van der Waals surface area contributed by atoms with Crippen LogP contribution in [-0.2, 0) is 9.47 Å². The third-order valence-corrected chi connectivity index (χ3v) is 16.8. The quantitative estimate of drug-likeness (QED) is 0.131. The summed E-state index contributed by atoms with van der Waals surface area (Å²) in [5.74, 6) is 0. The first-order valence-corrected chi connectivity index (χ1v) is 23.5. The molecular formula is C50H58Li2N2O2P2. The summed E-state index contributed by atoms with van der Waals surface area (Å²) in [6.45, 7) is 12.6. The average Bonchev–Trinajstić information content (AvgIpc) is 4.06. The maximum atomic E-state index is 5.30. The fourth-order valence-electron chi connectivity index (χ4n) is 6.70. The van der Waals surface area contributed by atoms with Gasteiger partial charge in [-0.05, 0) is 74.6 Å². The first-order valence-electron chi connectivity index (χ1n) is 20.0. The molecule has 4 nitrogen and oxygen atoms in total. The van der Waals surface area contributed by atoms with Crippen LogP contribution in [0, 0.1) is 12.1 Å². The molecule has 0 saturated carbocycles. The molecule has 0 spiro atoms. The van der Waals surface area contributed by atoms with Crippen molar-refractivity contribution >= 4 is 45.9 Å². The number of ether oxygens (including phenoxy) is 2. The molecule has 0 bridgehead atoms. The Morgan fingerprint density at radius 1 is 0.397 bits per heavy atom. The summed E-state index contributed by atoms with van der Waals surface area (Å²) in [5, 5.41) is 7.49. The van der Waals surface area contributed by atoms with Crippen molar-refractivity contribution in [1.82, 2.24) is 0 Å². The fraction of sp³-hybridized carbons (Fsp3) is 0.280. The van der Waals surface area contributed by atoms with Crippen molar-refractivity contribution in [3.63, 3.8) is 0 Å². The van der Waals surface area contributed by atoms with Crippen molar-refractivity contribution in [3.05, 3.63) is 182 Å². The van der Waals surface area contributed by atoms with Gasteiger partial charge in [0.25, 0.3) is 0 Å². The first kappa shape index (κ1) is 49.3. The maximum absolute atomic E-state index is 5.30. The van der Waals surface area contributed by atoms with Crippen molar-refractivity contribution in [3.8, 4) is 0 Å². The van der Waals surface area contributed by atoms with Crippen molar-refractivity contribution in [1.29, 1.82) is 0 Å². The van der Waals surface area contributed by atoms with Crippen LogP contribution in [0.4, 0.5) is 0 Å². The monoisotopic (exact) mass is 794 g/mol. The van der Waals surface area contributed by atoms with Crippen molar-refractivity contribution in [2.75, 3.05) is 26.4 Å². The molecule has 0 aromatic heterocycles. The van der Waals surface area contributed by atoms with Crippen LogP contribution in [0.1, 0.15) is 53.4 Å². The van der Waals surface area contributed by atoms with Gasteiger partial charge in [-0.25, -0.2) is 0 Å². The summed E-state index contributed by atoms with van der Waals surface area (Å²) in [6, 6.07) is 66.6. The van der Waals surface area contributed by atoms with Crippen LogP contribution in [0.5, 0.6) is 0 Å². The SMILES string of the molecule is C1CCOC1.C1CCOC1.CC(C)N=P(c1[c-]cccc1)(c1ccccc1)c1ccccc1.CC(C)N=P(c1[c-]cccc1)(c1ccccc1)c1ccccc1.[Li+].[Li+]. The van der Waals surface area contributed by atoms with Crippen LogP contribution in [-0.4, -0.2) is 38.5 Å². The van der Waals surface area contributed by atoms with E-state index >= 15 is 0 Å². The number of rotatable bonds is 8. The molecule has 2 aliphatic rings. The molecule has 0 amide bonds. The van der Waals surface area contributed by atoms with Gasteiger partial charge in [-0.15, -0.1) is 10.6 Å². The Kier molecular flexibility index (Phi) is 22.8. The predicted molar refractivity (Wildman–Crippen MR) is 243 cm³/mol. The van der Waals surface area contributed by atoms with Gasteiger partial charge in [0.1, 0.15) is 0 Å². The Morgan fingerprint density at radius 2 is 0.655 bits per heavy atom. The van der Waals surface area contributed by atoms with Crippen LogP contribution in [0.2, 0.25) is 0 Å². The molecule has 292 valence electrons. The van der Waals surface area contributed by atoms with Gasteiger partial charge in [-0.2, -0.15) is 60.7 Å². The summed E-state index contributed by atoms with van der Waals surface area (Å²) in [6.07, 6.45) is 5.11. The van der Waals surface area contributed by atoms with Gasteiger partial charge in [0.2, 0.25) is 0 Å². The Balaban J connectivity index is 0.000000243. The molecule has 0 N–H and O–H groups in total. The van der Waals surface area contributed by atoms with Crippen LogP contribution >= 0.6 is 14.1 Å². The fourth-order valence-corrected chi connectivity index (χ4v) is 14.1. The minimum atomic E-state index is -2.04. The molecule has 58 heavy (non-hydrogen) atoms. The molecule has 2 aliphatic heterocycles. The van der Waals surface area contributed by atoms with Gasteiger partial charge in [0.15, 0.2) is 0 Å². The van der Waals surface area contributed by atoms with E-state index in [-0.39, 0.29) is 49.8 Å². The molecule has 2 heterocycles. The van der Waals surface area contributed by atoms with Gasteiger partial charge in [0, 0.05) is 52.6 Å². The van der Waals surface area contributed by atoms with E-state index in [0.717, 1.165) is 26.4 Å². The predicted octanol–water partition coefficient (Wildman–Crippen LogP) is 4.35. The summed E-state index contributed by atoms with van der Waals surface area (Å²) >= 11 is 0. The second kappa shape index (κ2) is 26.9. The molecular weight excluding hydrogens is 736 g/mol. The van der Waals surface area contributed by atoms with Gasteiger partial charge in [-0.1, -0.05) is 121 Å². The Morgan fingerprint density at radius 3 is 0.845 bits per heavy atom. The Labute approximate surface area is 374 Å². The Bertz CT molecular complexity index is 1690. The molecule has 2 saturated heterocycles. The second-order valence-electron chi connectivity index (χ2n) is 14.2. The third-order valence-electron chi connectivity index (χ3n) is 9.07. The van der Waals surface area contributed by atoms with Crippen LogP contribution in [0.15, 0.2) is 179 Å². The number of benzene rings is 6. The third kappa shape index (κ3) is 14.0. The van der Waals surface area contributed by atoms with Crippen molar-refractivity contribution in [2.45, 2.75) is 65.5 Å². The van der Waals surface area contributed by atoms with Crippen LogP contribution in [0.25, 0.3) is 0 Å². The number of hydrogen-bond acceptors (Lipinski definition) is 4. The van der Waals surface area contributed by atoms with E-state index in [9.17, 15) is 0 Å². The van der Waals surface area contributed by atoms with E-state index in [4.69, 9.17) is 19.0 Å². The van der Waals surface area contributed by atoms with Crippen LogP contribution in [0.3, 0.4) is 0 Å². The number of hydrogen-bond donors (Lipinski definition) is 0. The van der Waals surface area contributed by atoms with E-state index in [2.05, 4.69) is 185 Å². The molecule has 0 unspecified atom stereocenters. The zero-order chi connectivity index (χ0) is 39.3. The first-order chi connectivity index (χ1) is 27.5. The van der Waals surface area contributed by atoms with Gasteiger partial charge >= 0.3 is 37.7 Å². The molecule has 6 aromatic carbocycles. The van der Waals surface area contributed by atoms with Crippen LogP contribution < -0.4 is 69.5 Å². The minimum Gasteiger partial charge on any atom is -0.381 e. The normalized spacial score (nSPS) is 13.2. The van der Waals surface area contributed by atoms with Crippen molar-refractivity contribution < 1.29 is 47.2 Å². The van der Waals surface area contributed by atoms with Gasteiger partial charge in [-0.3, -0.25) is 9.49 Å². The zero-order valence-electron chi connectivity index (χ0n) is 35.6. The topological polar surface area (TPSA) is 43.2 Å². The van der Waals surface area contributed by atoms with E-state index in [0.29, 0.717) is 0 Å². The second-order valence-corrected chi connectivity index (χ2v) is 20.2. The van der Waals surface area contributed by atoms with E-state index < -0.39 is 14.1 Å². The molecule has 6 aromatic rings. The summed E-state index contributed by atoms with van der Waals surface area (Å²) in [5.41, 5.74) is 0. The molecule has 8 rings (SSSR count). The largest absolute Gasteiger partial charge is 1.00 e. The van der Waals surface area contributed by atoms with E-state index in [1.54, 1.807) is 0 Å². The molecule has 8 heteroatoms. The Hall–Kier alpha value is -3.11. The smallest absolute Gasteiger partial charge is 0.381 e. The summed E-state index contributed by atoms with van der Waals surface area (Å²) in [4.78, 5) is 0. The standard InChI is InChI=1S/2C21H21NP.2C4H8O.2Li/c2*1-18(2)22-23(19-12-6-3-7-13-19,20-14-8-4-9-15-20)21-16-10-5-11-17-21;2*1-2-4-5-3-1;;/h2*3-16,18H,1-2H3;2*1-4H2;;/q2*-1;;;2*+1. The van der Waals surface area contributed by atoms with Crippen molar-refractivity contribution in [2.24, 2.45) is 9.49 Å². The molecule has 0 aliphatic carbocycles. The average molecular weight is 795 g/mol. The number of nitrogens with zero attached hydrogens (tertiary/aromatic N) is 2. The van der Waals surface area contributed by atoms with E-state index in [1.807, 2.05) is 24.3 Å². The van der Waals surface area contributed by atoms with Gasteiger partial charge < -0.3 is 9.47 Å². The molecule has 0 radical (unpaired) electrons. The molecule has 2 fully saturated rings. The summed E-state index contributed by atoms with van der Waals surface area (Å²) < 4.78 is 20.5. The van der Waals surface area contributed by atoms with E-state index in [1.165, 1.54) is 57.5 Å². The zero-order valence-corrected chi connectivity index (χ0v) is 37.4. The summed E-state index contributed by atoms with van der Waals surface area (Å²) in [7, 11) is -4.08. The van der Waals surface area contributed by atoms with Gasteiger partial charge in [0.05, 0.1) is 0 Å².